The van der Waals surface area contributed by atoms with Crippen LogP contribution < -0.4 is 0 Å². The Bertz CT molecular complexity index is 594. The van der Waals surface area contributed by atoms with E-state index in [0.29, 0.717) is 6.42 Å². The predicted octanol–water partition coefficient (Wildman–Crippen LogP) is 2.33. The zero-order chi connectivity index (χ0) is 13.4. The number of aliphatic hydroxyl groups is 2. The van der Waals surface area contributed by atoms with Crippen LogP contribution in [0.3, 0.4) is 0 Å². The van der Waals surface area contributed by atoms with Gasteiger partial charge < -0.3 is 14.9 Å². The largest absolute Gasteiger partial charge is 0.394 e. The molecule has 3 atom stereocenters. The predicted molar refractivity (Wildman–Crippen MR) is 74.0 cm³/mol. The van der Waals surface area contributed by atoms with E-state index in [0.717, 1.165) is 11.1 Å². The van der Waals surface area contributed by atoms with Crippen LogP contribution in [0.15, 0.2) is 36.4 Å². The average molecular weight is 258 g/mol. The van der Waals surface area contributed by atoms with Crippen molar-refractivity contribution in [2.24, 2.45) is 0 Å². The van der Waals surface area contributed by atoms with Gasteiger partial charge in [-0.05, 0) is 34.9 Å². The molecule has 3 heteroatoms. The summed E-state index contributed by atoms with van der Waals surface area (Å²) in [5.41, 5.74) is 2.27. The summed E-state index contributed by atoms with van der Waals surface area (Å²) in [6.07, 6.45) is -0.627. The van der Waals surface area contributed by atoms with Crippen LogP contribution in [-0.2, 0) is 4.74 Å². The zero-order valence-electron chi connectivity index (χ0n) is 10.9. The number of fused-ring (bicyclic) bond motifs is 1. The summed E-state index contributed by atoms with van der Waals surface area (Å²) in [5, 5.41) is 21.4. The highest BCUT2D eigenvalue weighted by molar-refractivity contribution is 5.84. The average Bonchev–Trinajstić information content (AvgIpc) is 2.79. The molecular weight excluding hydrogens is 240 g/mol. The summed E-state index contributed by atoms with van der Waals surface area (Å²) in [4.78, 5) is 0. The van der Waals surface area contributed by atoms with Crippen molar-refractivity contribution >= 4 is 10.8 Å². The van der Waals surface area contributed by atoms with Crippen LogP contribution in [0.1, 0.15) is 23.7 Å². The van der Waals surface area contributed by atoms with Crippen LogP contribution in [0.4, 0.5) is 0 Å². The number of benzene rings is 2. The van der Waals surface area contributed by atoms with E-state index in [4.69, 9.17) is 9.84 Å². The molecule has 2 aromatic carbocycles. The molecule has 0 radical (unpaired) electrons. The Balaban J connectivity index is 1.99. The van der Waals surface area contributed by atoms with Crippen molar-refractivity contribution in [3.63, 3.8) is 0 Å². The van der Waals surface area contributed by atoms with E-state index in [-0.39, 0.29) is 12.7 Å². The van der Waals surface area contributed by atoms with Crippen molar-refractivity contribution < 1.29 is 14.9 Å². The number of aliphatic hydroxyl groups excluding tert-OH is 2. The van der Waals surface area contributed by atoms with Gasteiger partial charge in [-0.15, -0.1) is 0 Å². The van der Waals surface area contributed by atoms with E-state index in [2.05, 4.69) is 31.2 Å². The second-order valence-corrected chi connectivity index (χ2v) is 5.20. The lowest BCUT2D eigenvalue weighted by Crippen LogP contribution is -2.24. The van der Waals surface area contributed by atoms with E-state index in [1.54, 1.807) is 0 Å². The third kappa shape index (κ3) is 2.25. The lowest BCUT2D eigenvalue weighted by atomic mass is 9.96. The molecule has 1 heterocycles. The Hall–Kier alpha value is -1.42. The van der Waals surface area contributed by atoms with Crippen molar-refractivity contribution in [2.45, 2.75) is 31.7 Å². The summed E-state index contributed by atoms with van der Waals surface area (Å²) in [6, 6.07) is 12.5. The minimum atomic E-state index is -0.583. The first-order valence-corrected chi connectivity index (χ1v) is 6.62. The first-order valence-electron chi connectivity index (χ1n) is 6.62. The molecule has 3 rings (SSSR count). The highest BCUT2D eigenvalue weighted by Crippen LogP contribution is 2.36. The number of hydrogen-bond donors (Lipinski definition) is 2. The number of hydrogen-bond acceptors (Lipinski definition) is 3. The van der Waals surface area contributed by atoms with E-state index in [1.807, 2.05) is 12.1 Å². The summed E-state index contributed by atoms with van der Waals surface area (Å²) in [7, 11) is 0. The maximum Gasteiger partial charge on any atom is 0.107 e. The van der Waals surface area contributed by atoms with Gasteiger partial charge in [0.25, 0.3) is 0 Å². The van der Waals surface area contributed by atoms with Crippen LogP contribution in [0.5, 0.6) is 0 Å². The van der Waals surface area contributed by atoms with Crippen LogP contribution in [0.2, 0.25) is 0 Å². The van der Waals surface area contributed by atoms with Crippen LogP contribution in [0.25, 0.3) is 10.8 Å². The highest BCUT2D eigenvalue weighted by atomic mass is 16.5. The Kier molecular flexibility index (Phi) is 3.27. The SMILES string of the molecule is Cc1cc2ccccc2cc1[C@H]1CC(O)[C@@H](CO)O1. The zero-order valence-corrected chi connectivity index (χ0v) is 10.9. The molecule has 1 saturated heterocycles. The quantitative estimate of drug-likeness (QED) is 0.869. The Morgan fingerprint density at radius 2 is 1.89 bits per heavy atom. The van der Waals surface area contributed by atoms with Gasteiger partial charge in [-0.1, -0.05) is 30.3 Å². The van der Waals surface area contributed by atoms with Crippen LogP contribution in [-0.4, -0.2) is 29.0 Å². The molecule has 1 fully saturated rings. The lowest BCUT2D eigenvalue weighted by molar-refractivity contribution is -0.0226. The second kappa shape index (κ2) is 4.93. The molecule has 0 aliphatic carbocycles. The summed E-state index contributed by atoms with van der Waals surface area (Å²) in [6.45, 7) is 1.92. The van der Waals surface area contributed by atoms with E-state index in [9.17, 15) is 5.11 Å². The second-order valence-electron chi connectivity index (χ2n) is 5.20. The van der Waals surface area contributed by atoms with E-state index in [1.165, 1.54) is 10.8 Å². The van der Waals surface area contributed by atoms with Gasteiger partial charge in [0.2, 0.25) is 0 Å². The van der Waals surface area contributed by atoms with Gasteiger partial charge in [0, 0.05) is 6.42 Å². The highest BCUT2D eigenvalue weighted by Gasteiger charge is 2.34. The first-order chi connectivity index (χ1) is 9.19. The third-order valence-corrected chi connectivity index (χ3v) is 3.88. The smallest absolute Gasteiger partial charge is 0.107 e. The van der Waals surface area contributed by atoms with Gasteiger partial charge in [0.15, 0.2) is 0 Å². The molecule has 0 bridgehead atoms. The third-order valence-electron chi connectivity index (χ3n) is 3.88. The Morgan fingerprint density at radius 1 is 1.21 bits per heavy atom. The lowest BCUT2D eigenvalue weighted by Gasteiger charge is -2.15. The molecular formula is C16H18O3. The van der Waals surface area contributed by atoms with Crippen LogP contribution in [0, 0.1) is 6.92 Å². The molecule has 3 nitrogen and oxygen atoms in total. The van der Waals surface area contributed by atoms with Crippen LogP contribution >= 0.6 is 0 Å². The summed E-state index contributed by atoms with van der Waals surface area (Å²) in [5.74, 6) is 0. The molecule has 0 aromatic heterocycles. The van der Waals surface area contributed by atoms with Gasteiger partial charge in [-0.3, -0.25) is 0 Å². The number of rotatable bonds is 2. The minimum absolute atomic E-state index is 0.128. The normalized spacial score (nSPS) is 27.0. The molecule has 1 aliphatic heterocycles. The molecule has 2 N–H and O–H groups in total. The fourth-order valence-electron chi connectivity index (χ4n) is 2.81. The fourth-order valence-corrected chi connectivity index (χ4v) is 2.81. The van der Waals surface area contributed by atoms with Crippen molar-refractivity contribution in [1.29, 1.82) is 0 Å². The topological polar surface area (TPSA) is 49.7 Å². The molecule has 1 aliphatic rings. The summed E-state index contributed by atoms with van der Waals surface area (Å²) < 4.78 is 5.74. The standard InChI is InChI=1S/C16H18O3/c1-10-6-11-4-2-3-5-12(11)7-13(10)15-8-14(18)16(9-17)19-15/h2-7,14-18H,8-9H2,1H3/t14?,15-,16-/m1/s1. The number of ether oxygens (including phenoxy) is 1. The first kappa shape index (κ1) is 12.6. The Labute approximate surface area is 112 Å². The maximum atomic E-state index is 9.84. The van der Waals surface area contributed by atoms with Gasteiger partial charge >= 0.3 is 0 Å². The molecule has 1 unspecified atom stereocenters. The molecule has 0 spiro atoms. The molecule has 0 amide bonds. The maximum absolute atomic E-state index is 9.84. The van der Waals surface area contributed by atoms with E-state index < -0.39 is 12.2 Å². The van der Waals surface area contributed by atoms with Crippen molar-refractivity contribution in [3.8, 4) is 0 Å². The molecule has 0 saturated carbocycles. The fraction of sp³-hybridized carbons (Fsp3) is 0.375. The van der Waals surface area contributed by atoms with E-state index >= 15 is 0 Å². The van der Waals surface area contributed by atoms with Gasteiger partial charge in [0.1, 0.15) is 6.10 Å². The van der Waals surface area contributed by atoms with Crippen molar-refractivity contribution in [1.82, 2.24) is 0 Å². The summed E-state index contributed by atoms with van der Waals surface area (Å²) >= 11 is 0. The Morgan fingerprint density at radius 3 is 2.53 bits per heavy atom. The molecule has 19 heavy (non-hydrogen) atoms. The molecule has 2 aromatic rings. The van der Waals surface area contributed by atoms with Crippen molar-refractivity contribution in [3.05, 3.63) is 47.5 Å². The van der Waals surface area contributed by atoms with Gasteiger partial charge in [-0.2, -0.15) is 0 Å². The minimum Gasteiger partial charge on any atom is -0.394 e. The molecule has 100 valence electrons. The van der Waals surface area contributed by atoms with Gasteiger partial charge in [-0.25, -0.2) is 0 Å². The van der Waals surface area contributed by atoms with Gasteiger partial charge in [0.05, 0.1) is 18.8 Å². The monoisotopic (exact) mass is 258 g/mol. The van der Waals surface area contributed by atoms with Crippen molar-refractivity contribution in [2.75, 3.05) is 6.61 Å². The number of aryl methyl sites for hydroxylation is 1.